The molecule has 28 heavy (non-hydrogen) atoms. The third-order valence-corrected chi connectivity index (χ3v) is 4.66. The number of imide groups is 1. The van der Waals surface area contributed by atoms with E-state index in [9.17, 15) is 14.0 Å². The monoisotopic (exact) mass is 375 g/mol. The van der Waals surface area contributed by atoms with Crippen molar-refractivity contribution < 1.29 is 14.0 Å². The quantitative estimate of drug-likeness (QED) is 0.553. The number of hydrogen-bond donors (Lipinski definition) is 1. The number of hydrogen-bond acceptors (Lipinski definition) is 2. The highest BCUT2D eigenvalue weighted by Gasteiger charge is 2.33. The Hall–Kier alpha value is -3.67. The van der Waals surface area contributed by atoms with E-state index in [-0.39, 0.29) is 18.1 Å². The molecular formula is C22H18FN3O2. The molecule has 0 unspecified atom stereocenters. The van der Waals surface area contributed by atoms with Crippen LogP contribution in [-0.4, -0.2) is 21.4 Å². The number of nitrogens with one attached hydrogen (secondary N) is 1. The van der Waals surface area contributed by atoms with Crippen molar-refractivity contribution >= 4 is 18.0 Å². The number of carbonyl (C=O) groups is 2. The highest BCUT2D eigenvalue weighted by Crippen LogP contribution is 2.21. The van der Waals surface area contributed by atoms with E-state index in [2.05, 4.69) is 5.32 Å². The molecule has 0 bridgehead atoms. The van der Waals surface area contributed by atoms with Crippen LogP contribution in [0.5, 0.6) is 0 Å². The second-order valence-electron chi connectivity index (χ2n) is 6.60. The van der Waals surface area contributed by atoms with Gasteiger partial charge in [-0.25, -0.2) is 9.18 Å². The molecule has 1 saturated heterocycles. The molecule has 1 aliphatic heterocycles. The minimum absolute atomic E-state index is 0.0844. The second kappa shape index (κ2) is 7.15. The molecule has 140 valence electrons. The topological polar surface area (TPSA) is 54.3 Å². The van der Waals surface area contributed by atoms with Crippen LogP contribution < -0.4 is 5.32 Å². The molecule has 1 fully saturated rings. The molecule has 1 N–H and O–H groups in total. The van der Waals surface area contributed by atoms with Gasteiger partial charge in [0.25, 0.3) is 5.91 Å². The number of amides is 3. The fraction of sp³-hybridized carbons (Fsp3) is 0.0909. The van der Waals surface area contributed by atoms with Crippen molar-refractivity contribution in [1.82, 2.24) is 14.8 Å². The van der Waals surface area contributed by atoms with Crippen molar-refractivity contribution in [3.8, 4) is 5.69 Å². The molecule has 2 aromatic carbocycles. The standard InChI is InChI=1S/C22H18FN3O2/c1-15-5-2-3-7-20(15)25-12-4-6-18(25)13-19-21(27)26(22(28)24-19)14-16-8-10-17(23)11-9-16/h2-13H,14H2,1H3,(H,24,28)/b19-13+. The second-order valence-corrected chi connectivity index (χ2v) is 6.60. The van der Waals surface area contributed by atoms with Gasteiger partial charge in [0, 0.05) is 17.6 Å². The molecule has 5 nitrogen and oxygen atoms in total. The maximum atomic E-state index is 13.1. The number of nitrogens with zero attached hydrogens (tertiary/aromatic N) is 2. The largest absolute Gasteiger partial charge is 0.329 e. The molecule has 3 amide bonds. The Balaban J connectivity index is 1.61. The SMILES string of the molecule is Cc1ccccc1-n1cccc1/C=C1/NC(=O)N(Cc2ccc(F)cc2)C1=O. The van der Waals surface area contributed by atoms with Crippen LogP contribution in [0.4, 0.5) is 9.18 Å². The number of halogens is 1. The summed E-state index contributed by atoms with van der Waals surface area (Å²) in [4.78, 5) is 26.1. The Bertz CT molecular complexity index is 1080. The van der Waals surface area contributed by atoms with Gasteiger partial charge < -0.3 is 9.88 Å². The number of urea groups is 1. The first-order chi connectivity index (χ1) is 13.5. The molecule has 0 aliphatic carbocycles. The van der Waals surface area contributed by atoms with Gasteiger partial charge in [0.05, 0.1) is 6.54 Å². The number of aryl methyl sites for hydroxylation is 1. The van der Waals surface area contributed by atoms with Gasteiger partial charge in [-0.3, -0.25) is 9.69 Å². The summed E-state index contributed by atoms with van der Waals surface area (Å²) >= 11 is 0. The van der Waals surface area contributed by atoms with Crippen molar-refractivity contribution in [1.29, 1.82) is 0 Å². The van der Waals surface area contributed by atoms with E-state index in [1.807, 2.05) is 54.1 Å². The zero-order valence-electron chi connectivity index (χ0n) is 15.2. The van der Waals surface area contributed by atoms with Crippen LogP contribution in [0.1, 0.15) is 16.8 Å². The molecular weight excluding hydrogens is 357 g/mol. The first kappa shape index (κ1) is 17.7. The summed E-state index contributed by atoms with van der Waals surface area (Å²) in [5.74, 6) is -0.773. The third-order valence-electron chi connectivity index (χ3n) is 4.66. The molecule has 3 aromatic rings. The number of aromatic nitrogens is 1. The molecule has 1 aliphatic rings. The van der Waals surface area contributed by atoms with Crippen molar-refractivity contribution in [2.45, 2.75) is 13.5 Å². The molecule has 0 spiro atoms. The minimum Gasteiger partial charge on any atom is -0.317 e. The van der Waals surface area contributed by atoms with Crippen LogP contribution in [0.2, 0.25) is 0 Å². The van der Waals surface area contributed by atoms with E-state index in [0.29, 0.717) is 5.56 Å². The average molecular weight is 375 g/mol. The normalized spacial score (nSPS) is 15.4. The van der Waals surface area contributed by atoms with Crippen LogP contribution in [0, 0.1) is 12.7 Å². The minimum atomic E-state index is -0.491. The predicted octanol–water partition coefficient (Wildman–Crippen LogP) is 4.02. The Morgan fingerprint density at radius 1 is 1.00 bits per heavy atom. The number of rotatable bonds is 4. The summed E-state index contributed by atoms with van der Waals surface area (Å²) in [6.07, 6.45) is 3.57. The van der Waals surface area contributed by atoms with Gasteiger partial charge in [0.1, 0.15) is 11.5 Å². The fourth-order valence-corrected chi connectivity index (χ4v) is 3.20. The van der Waals surface area contributed by atoms with Gasteiger partial charge in [-0.2, -0.15) is 0 Å². The van der Waals surface area contributed by atoms with Gasteiger partial charge in [0.2, 0.25) is 0 Å². The molecule has 0 saturated carbocycles. The molecule has 4 rings (SSSR count). The Kier molecular flexibility index (Phi) is 4.53. The first-order valence-corrected chi connectivity index (χ1v) is 8.85. The highest BCUT2D eigenvalue weighted by atomic mass is 19.1. The summed E-state index contributed by atoms with van der Waals surface area (Å²) in [6, 6.07) is 16.9. The maximum Gasteiger partial charge on any atom is 0.329 e. The van der Waals surface area contributed by atoms with E-state index in [0.717, 1.165) is 21.8 Å². The third kappa shape index (κ3) is 3.32. The molecule has 1 aromatic heterocycles. The Labute approximate surface area is 161 Å². The van der Waals surface area contributed by atoms with Crippen molar-refractivity contribution in [2.24, 2.45) is 0 Å². The van der Waals surface area contributed by atoms with E-state index in [1.54, 1.807) is 18.2 Å². The van der Waals surface area contributed by atoms with Crippen LogP contribution in [-0.2, 0) is 11.3 Å². The van der Waals surface area contributed by atoms with E-state index in [1.165, 1.54) is 12.1 Å². The van der Waals surface area contributed by atoms with E-state index >= 15 is 0 Å². The van der Waals surface area contributed by atoms with Crippen molar-refractivity contribution in [3.63, 3.8) is 0 Å². The van der Waals surface area contributed by atoms with Crippen molar-refractivity contribution in [3.05, 3.63) is 95.2 Å². The number of benzene rings is 2. The molecule has 0 radical (unpaired) electrons. The predicted molar refractivity (Wildman–Crippen MR) is 104 cm³/mol. The van der Waals surface area contributed by atoms with Crippen LogP contribution in [0.25, 0.3) is 11.8 Å². The maximum absolute atomic E-state index is 13.1. The van der Waals surface area contributed by atoms with Crippen LogP contribution in [0.3, 0.4) is 0 Å². The zero-order valence-corrected chi connectivity index (χ0v) is 15.2. The lowest BCUT2D eigenvalue weighted by Gasteiger charge is -2.12. The summed E-state index contributed by atoms with van der Waals surface area (Å²) in [6.45, 7) is 2.10. The number of carbonyl (C=O) groups excluding carboxylic acids is 2. The van der Waals surface area contributed by atoms with Gasteiger partial charge in [-0.15, -0.1) is 0 Å². The summed E-state index contributed by atoms with van der Waals surface area (Å²) in [5, 5.41) is 2.63. The lowest BCUT2D eigenvalue weighted by molar-refractivity contribution is -0.123. The summed E-state index contributed by atoms with van der Waals surface area (Å²) < 4.78 is 15.0. The molecule has 6 heteroatoms. The summed E-state index contributed by atoms with van der Waals surface area (Å²) in [7, 11) is 0. The van der Waals surface area contributed by atoms with Gasteiger partial charge in [0.15, 0.2) is 0 Å². The van der Waals surface area contributed by atoms with Gasteiger partial charge >= 0.3 is 6.03 Å². The molecule has 0 atom stereocenters. The Morgan fingerprint density at radius 3 is 2.50 bits per heavy atom. The first-order valence-electron chi connectivity index (χ1n) is 8.85. The lowest BCUT2D eigenvalue weighted by atomic mass is 10.2. The van der Waals surface area contributed by atoms with Crippen LogP contribution >= 0.6 is 0 Å². The highest BCUT2D eigenvalue weighted by molar-refractivity contribution is 6.13. The average Bonchev–Trinajstić information content (AvgIpc) is 3.24. The smallest absolute Gasteiger partial charge is 0.317 e. The summed E-state index contributed by atoms with van der Waals surface area (Å²) in [5.41, 5.74) is 3.76. The van der Waals surface area contributed by atoms with Gasteiger partial charge in [-0.1, -0.05) is 30.3 Å². The lowest BCUT2D eigenvalue weighted by Crippen LogP contribution is -2.30. The Morgan fingerprint density at radius 2 is 1.75 bits per heavy atom. The van der Waals surface area contributed by atoms with Crippen LogP contribution in [0.15, 0.2) is 72.6 Å². The fourth-order valence-electron chi connectivity index (χ4n) is 3.20. The zero-order chi connectivity index (χ0) is 19.7. The van der Waals surface area contributed by atoms with E-state index < -0.39 is 11.9 Å². The molecule has 2 heterocycles. The van der Waals surface area contributed by atoms with Crippen molar-refractivity contribution in [2.75, 3.05) is 0 Å². The van der Waals surface area contributed by atoms with Gasteiger partial charge in [-0.05, 0) is 54.5 Å². The van der Waals surface area contributed by atoms with E-state index in [4.69, 9.17) is 0 Å². The number of para-hydroxylation sites is 1.